The van der Waals surface area contributed by atoms with Crippen molar-refractivity contribution in [3.05, 3.63) is 65.6 Å². The first-order valence-electron chi connectivity index (χ1n) is 10.1. The van der Waals surface area contributed by atoms with E-state index < -0.39 is 0 Å². The molecule has 1 aliphatic heterocycles. The molecule has 0 saturated heterocycles. The Bertz CT molecular complexity index is 1280. The molecule has 2 aromatic carbocycles. The number of H-pyrrole nitrogens is 1. The summed E-state index contributed by atoms with van der Waals surface area (Å²) in [5, 5.41) is 9.93. The van der Waals surface area contributed by atoms with E-state index in [1.807, 2.05) is 74.0 Å². The monoisotopic (exact) mass is 434 g/mol. The predicted molar refractivity (Wildman–Crippen MR) is 119 cm³/mol. The molecule has 1 aliphatic rings. The smallest absolute Gasteiger partial charge is 0.192 e. The van der Waals surface area contributed by atoms with Crippen molar-refractivity contribution in [3.8, 4) is 11.5 Å². The number of nitrogens with zero attached hydrogens (tertiary/aromatic N) is 3. The Morgan fingerprint density at radius 1 is 1.16 bits per heavy atom. The van der Waals surface area contributed by atoms with Crippen LogP contribution in [0.5, 0.6) is 11.5 Å². The number of aryl methyl sites for hydroxylation is 1. The lowest BCUT2D eigenvalue weighted by Crippen LogP contribution is -2.24. The number of Topliss-reactive ketones (excluding diaryl/α,β-unsaturated/α-hetero) is 1. The number of aromatic amines is 1. The van der Waals surface area contributed by atoms with Crippen molar-refractivity contribution < 1.29 is 14.3 Å². The van der Waals surface area contributed by atoms with Gasteiger partial charge in [0.15, 0.2) is 34.4 Å². The molecule has 5 rings (SSSR count). The number of carbonyl (C=O) groups excluding carboxylic acids is 1. The second-order valence-corrected chi connectivity index (χ2v) is 8.87. The summed E-state index contributed by atoms with van der Waals surface area (Å²) in [6.45, 7) is 4.19. The van der Waals surface area contributed by atoms with Gasteiger partial charge >= 0.3 is 0 Å². The molecule has 4 aromatic rings. The van der Waals surface area contributed by atoms with Crippen LogP contribution in [0.1, 0.15) is 34.9 Å². The maximum absolute atomic E-state index is 13.3. The molecule has 31 heavy (non-hydrogen) atoms. The fourth-order valence-electron chi connectivity index (χ4n) is 3.86. The highest BCUT2D eigenvalue weighted by atomic mass is 32.2. The van der Waals surface area contributed by atoms with Gasteiger partial charge < -0.3 is 19.0 Å². The van der Waals surface area contributed by atoms with E-state index in [2.05, 4.69) is 15.2 Å². The number of thioether (sulfide) groups is 1. The van der Waals surface area contributed by atoms with Crippen LogP contribution in [0.3, 0.4) is 0 Å². The molecule has 1 N–H and O–H groups in total. The quantitative estimate of drug-likeness (QED) is 0.368. The molecular formula is C23H22N4O3S. The molecule has 0 aliphatic carbocycles. The Hall–Kier alpha value is -3.26. The average Bonchev–Trinajstić information content (AvgIpc) is 3.31. The fraction of sp³-hybridized carbons (Fsp3) is 0.261. The van der Waals surface area contributed by atoms with Crippen molar-refractivity contribution in [2.45, 2.75) is 30.4 Å². The van der Waals surface area contributed by atoms with E-state index in [0.29, 0.717) is 23.3 Å². The molecule has 0 amide bonds. The number of rotatable bonds is 5. The van der Waals surface area contributed by atoms with Crippen LogP contribution in [0.25, 0.3) is 10.9 Å². The number of benzene rings is 2. The van der Waals surface area contributed by atoms with E-state index in [0.717, 1.165) is 27.9 Å². The normalized spacial score (nSPS) is 16.4. The first kappa shape index (κ1) is 19.7. The van der Waals surface area contributed by atoms with Crippen LogP contribution in [-0.4, -0.2) is 37.4 Å². The lowest BCUT2D eigenvalue weighted by molar-refractivity contribution is 0.0825. The summed E-state index contributed by atoms with van der Waals surface area (Å²) in [7, 11) is 1.88. The number of nitrogens with one attached hydrogen (secondary N) is 1. The van der Waals surface area contributed by atoms with E-state index in [1.54, 1.807) is 0 Å². The van der Waals surface area contributed by atoms with E-state index in [-0.39, 0.29) is 17.1 Å². The van der Waals surface area contributed by atoms with Crippen molar-refractivity contribution in [2.24, 2.45) is 7.05 Å². The van der Waals surface area contributed by atoms with Gasteiger partial charge in [0, 0.05) is 29.2 Å². The minimum atomic E-state index is -0.358. The van der Waals surface area contributed by atoms with Crippen LogP contribution < -0.4 is 9.47 Å². The lowest BCUT2D eigenvalue weighted by atomic mass is 10.1. The molecular weight excluding hydrogens is 412 g/mol. The average molecular weight is 435 g/mol. The molecule has 0 bridgehead atoms. The topological polar surface area (TPSA) is 82.0 Å². The summed E-state index contributed by atoms with van der Waals surface area (Å²) in [5.41, 5.74) is 2.58. The number of ether oxygens (including phenoxy) is 2. The molecule has 0 unspecified atom stereocenters. The molecule has 0 saturated carbocycles. The van der Waals surface area contributed by atoms with Crippen molar-refractivity contribution >= 4 is 28.4 Å². The second-order valence-electron chi connectivity index (χ2n) is 7.56. The SMILES string of the molecule is Cc1[nH]c2ccccc2c1C(=O)[C@@H](C)Sc1nnc([C@@H]2COc3ccccc3O2)n1C. The highest BCUT2D eigenvalue weighted by Gasteiger charge is 2.29. The zero-order chi connectivity index (χ0) is 21.5. The van der Waals surface area contributed by atoms with Gasteiger partial charge in [-0.05, 0) is 32.0 Å². The molecule has 3 heterocycles. The van der Waals surface area contributed by atoms with Gasteiger partial charge in [-0.25, -0.2) is 0 Å². The number of hydrogen-bond donors (Lipinski definition) is 1. The molecule has 0 radical (unpaired) electrons. The second kappa shape index (κ2) is 7.77. The number of ketones is 1. The van der Waals surface area contributed by atoms with Crippen LogP contribution in [0.4, 0.5) is 0 Å². The summed E-state index contributed by atoms with van der Waals surface area (Å²) in [5.74, 6) is 2.15. The summed E-state index contributed by atoms with van der Waals surface area (Å²) in [4.78, 5) is 16.6. The Labute approximate surface area is 183 Å². The predicted octanol–water partition coefficient (Wildman–Crippen LogP) is 4.48. The summed E-state index contributed by atoms with van der Waals surface area (Å²) in [6.07, 6.45) is -0.358. The van der Waals surface area contributed by atoms with Gasteiger partial charge in [-0.15, -0.1) is 10.2 Å². The van der Waals surface area contributed by atoms with Gasteiger partial charge in [-0.3, -0.25) is 4.79 Å². The van der Waals surface area contributed by atoms with Crippen molar-refractivity contribution in [3.63, 3.8) is 0 Å². The molecule has 8 heteroatoms. The van der Waals surface area contributed by atoms with Gasteiger partial charge in [0.25, 0.3) is 0 Å². The maximum atomic E-state index is 13.3. The Kier molecular flexibility index (Phi) is 4.94. The minimum Gasteiger partial charge on any atom is -0.485 e. The third-order valence-corrected chi connectivity index (χ3v) is 6.59. The van der Waals surface area contributed by atoms with E-state index in [1.165, 1.54) is 11.8 Å². The van der Waals surface area contributed by atoms with Gasteiger partial charge in [0.05, 0.1) is 5.25 Å². The standard InChI is InChI=1S/C23H22N4O3S/c1-13-20(15-8-4-5-9-16(15)24-13)21(28)14(2)31-23-26-25-22(27(23)3)19-12-29-17-10-6-7-11-18(17)30-19/h4-11,14,19,24H,12H2,1-3H3/t14-,19+/m1/s1. The fourth-order valence-corrected chi connectivity index (χ4v) is 4.75. The first-order valence-corrected chi connectivity index (χ1v) is 11.0. The lowest BCUT2D eigenvalue weighted by Gasteiger charge is -2.25. The zero-order valence-electron chi connectivity index (χ0n) is 17.5. The summed E-state index contributed by atoms with van der Waals surface area (Å²) >= 11 is 1.39. The van der Waals surface area contributed by atoms with Crippen LogP contribution in [-0.2, 0) is 7.05 Å². The number of para-hydroxylation sites is 3. The number of aromatic nitrogens is 4. The van der Waals surface area contributed by atoms with Gasteiger partial charge in [-0.2, -0.15) is 0 Å². The molecule has 0 fully saturated rings. The molecule has 0 spiro atoms. The van der Waals surface area contributed by atoms with E-state index in [9.17, 15) is 4.79 Å². The van der Waals surface area contributed by atoms with Crippen molar-refractivity contribution in [1.82, 2.24) is 19.7 Å². The molecule has 7 nitrogen and oxygen atoms in total. The number of carbonyl (C=O) groups is 1. The minimum absolute atomic E-state index is 0.0654. The molecule has 158 valence electrons. The van der Waals surface area contributed by atoms with Crippen molar-refractivity contribution in [1.29, 1.82) is 0 Å². The van der Waals surface area contributed by atoms with Crippen LogP contribution in [0.15, 0.2) is 53.7 Å². The Morgan fingerprint density at radius 3 is 2.74 bits per heavy atom. The Morgan fingerprint density at radius 2 is 1.90 bits per heavy atom. The molecule has 2 aromatic heterocycles. The van der Waals surface area contributed by atoms with E-state index >= 15 is 0 Å². The summed E-state index contributed by atoms with van der Waals surface area (Å²) in [6, 6.07) is 15.4. The third-order valence-electron chi connectivity index (χ3n) is 5.46. The van der Waals surface area contributed by atoms with Crippen LogP contribution >= 0.6 is 11.8 Å². The number of fused-ring (bicyclic) bond motifs is 2. The maximum Gasteiger partial charge on any atom is 0.192 e. The van der Waals surface area contributed by atoms with Gasteiger partial charge in [0.1, 0.15) is 6.61 Å². The third kappa shape index (κ3) is 3.46. The highest BCUT2D eigenvalue weighted by Crippen LogP contribution is 2.36. The first-order chi connectivity index (χ1) is 15.0. The van der Waals surface area contributed by atoms with E-state index in [4.69, 9.17) is 9.47 Å². The Balaban J connectivity index is 1.36. The van der Waals surface area contributed by atoms with Crippen LogP contribution in [0.2, 0.25) is 0 Å². The molecule has 2 atom stereocenters. The van der Waals surface area contributed by atoms with Gasteiger partial charge in [0.2, 0.25) is 0 Å². The largest absolute Gasteiger partial charge is 0.485 e. The van der Waals surface area contributed by atoms with Crippen LogP contribution in [0, 0.1) is 6.92 Å². The van der Waals surface area contributed by atoms with Gasteiger partial charge in [-0.1, -0.05) is 42.1 Å². The number of hydrogen-bond acceptors (Lipinski definition) is 6. The van der Waals surface area contributed by atoms with Crippen molar-refractivity contribution in [2.75, 3.05) is 6.61 Å². The summed E-state index contributed by atoms with van der Waals surface area (Å²) < 4.78 is 13.7. The highest BCUT2D eigenvalue weighted by molar-refractivity contribution is 8.00. The zero-order valence-corrected chi connectivity index (χ0v) is 18.3.